The Morgan fingerprint density at radius 1 is 1.27 bits per heavy atom. The third kappa shape index (κ3) is 3.49. The number of nitrogens with zero attached hydrogens (tertiary/aromatic N) is 2. The molecule has 114 valence electrons. The summed E-state index contributed by atoms with van der Waals surface area (Å²) in [4.78, 5) is 14.4. The van der Waals surface area contributed by atoms with Crippen molar-refractivity contribution in [3.05, 3.63) is 63.7 Å². The van der Waals surface area contributed by atoms with E-state index in [0.717, 1.165) is 12.1 Å². The predicted molar refractivity (Wildman–Crippen MR) is 87.2 cm³/mol. The van der Waals surface area contributed by atoms with E-state index < -0.39 is 4.92 Å². The van der Waals surface area contributed by atoms with Crippen molar-refractivity contribution in [1.29, 1.82) is 0 Å². The van der Waals surface area contributed by atoms with E-state index in [2.05, 4.69) is 18.8 Å². The third-order valence-corrected chi connectivity index (χ3v) is 3.67. The summed E-state index contributed by atoms with van der Waals surface area (Å²) in [5.74, 6) is 0.131. The van der Waals surface area contributed by atoms with Crippen molar-refractivity contribution in [3.63, 3.8) is 0 Å². The average molecular weight is 298 g/mol. The fourth-order valence-electron chi connectivity index (χ4n) is 2.07. The van der Waals surface area contributed by atoms with Crippen LogP contribution in [-0.2, 0) is 0 Å². The molecular formula is C17H18N2O3. The lowest BCUT2D eigenvalue weighted by molar-refractivity contribution is -0.385. The second-order valence-corrected chi connectivity index (χ2v) is 5.13. The monoisotopic (exact) mass is 298 g/mol. The van der Waals surface area contributed by atoms with E-state index in [-0.39, 0.29) is 11.4 Å². The molecular weight excluding hydrogens is 280 g/mol. The maximum absolute atomic E-state index is 10.8. The Balaban J connectivity index is 2.22. The van der Waals surface area contributed by atoms with E-state index in [0.29, 0.717) is 11.5 Å². The fourth-order valence-corrected chi connectivity index (χ4v) is 2.07. The van der Waals surface area contributed by atoms with Gasteiger partial charge in [0.25, 0.3) is 0 Å². The van der Waals surface area contributed by atoms with Crippen LogP contribution in [0.5, 0.6) is 5.75 Å². The van der Waals surface area contributed by atoms with Gasteiger partial charge in [-0.15, -0.1) is 0 Å². The molecule has 2 aromatic rings. The maximum atomic E-state index is 10.8. The van der Waals surface area contributed by atoms with Crippen LogP contribution in [-0.4, -0.2) is 16.2 Å². The van der Waals surface area contributed by atoms with Gasteiger partial charge in [-0.2, -0.15) is 0 Å². The Morgan fingerprint density at radius 2 is 1.95 bits per heavy atom. The summed E-state index contributed by atoms with van der Waals surface area (Å²) in [5, 5.41) is 20.6. The standard InChI is InChI=1S/C17H18N2O3/c1-3-12(2)13-7-9-15(10-8-13)18-11-14-5-4-6-16(17(14)20)19(21)22/h4-12,20H,3H2,1-2H3/t12-/m1/s1. The van der Waals surface area contributed by atoms with E-state index in [9.17, 15) is 15.2 Å². The summed E-state index contributed by atoms with van der Waals surface area (Å²) in [6.45, 7) is 4.31. The molecule has 0 aliphatic heterocycles. The van der Waals surface area contributed by atoms with E-state index in [4.69, 9.17) is 0 Å². The minimum Gasteiger partial charge on any atom is -0.502 e. The molecule has 1 atom stereocenters. The smallest absolute Gasteiger partial charge is 0.311 e. The van der Waals surface area contributed by atoms with Gasteiger partial charge < -0.3 is 5.11 Å². The highest BCUT2D eigenvalue weighted by Gasteiger charge is 2.14. The van der Waals surface area contributed by atoms with Crippen LogP contribution in [0.1, 0.15) is 37.3 Å². The number of phenolic OH excluding ortho intramolecular Hbond substituents is 1. The van der Waals surface area contributed by atoms with Crippen LogP contribution in [0.2, 0.25) is 0 Å². The third-order valence-electron chi connectivity index (χ3n) is 3.67. The van der Waals surface area contributed by atoms with Crippen LogP contribution >= 0.6 is 0 Å². The van der Waals surface area contributed by atoms with Crippen molar-refractivity contribution < 1.29 is 10.0 Å². The highest BCUT2D eigenvalue weighted by molar-refractivity contribution is 5.87. The first-order chi connectivity index (χ1) is 10.5. The van der Waals surface area contributed by atoms with Crippen molar-refractivity contribution in [2.45, 2.75) is 26.2 Å². The first-order valence-electron chi connectivity index (χ1n) is 7.13. The quantitative estimate of drug-likeness (QED) is 0.499. The molecule has 2 aromatic carbocycles. The van der Waals surface area contributed by atoms with Gasteiger partial charge >= 0.3 is 5.69 Å². The van der Waals surface area contributed by atoms with E-state index in [1.54, 1.807) is 6.07 Å². The number of para-hydroxylation sites is 1. The van der Waals surface area contributed by atoms with Gasteiger partial charge in [0.1, 0.15) is 0 Å². The molecule has 22 heavy (non-hydrogen) atoms. The number of hydrogen-bond acceptors (Lipinski definition) is 4. The zero-order chi connectivity index (χ0) is 16.1. The number of phenols is 1. The highest BCUT2D eigenvalue weighted by Crippen LogP contribution is 2.28. The summed E-state index contributed by atoms with van der Waals surface area (Å²) < 4.78 is 0. The van der Waals surface area contributed by atoms with Gasteiger partial charge in [0.15, 0.2) is 0 Å². The molecule has 0 saturated carbocycles. The van der Waals surface area contributed by atoms with Crippen molar-refractivity contribution >= 4 is 17.6 Å². The van der Waals surface area contributed by atoms with Crippen LogP contribution in [0.3, 0.4) is 0 Å². The second kappa shape index (κ2) is 6.85. The van der Waals surface area contributed by atoms with E-state index in [1.165, 1.54) is 23.9 Å². The molecule has 0 saturated heterocycles. The van der Waals surface area contributed by atoms with Gasteiger partial charge in [-0.05, 0) is 36.1 Å². The predicted octanol–water partition coefficient (Wildman–Crippen LogP) is 4.56. The molecule has 0 aromatic heterocycles. The SMILES string of the molecule is CC[C@@H](C)c1ccc(N=Cc2cccc([N+](=O)[O-])c2O)cc1. The molecule has 5 heteroatoms. The maximum Gasteiger partial charge on any atom is 0.311 e. The van der Waals surface area contributed by atoms with Crippen molar-refractivity contribution in [2.75, 3.05) is 0 Å². The topological polar surface area (TPSA) is 75.7 Å². The van der Waals surface area contributed by atoms with Gasteiger partial charge in [-0.3, -0.25) is 15.1 Å². The van der Waals surface area contributed by atoms with Gasteiger partial charge in [-0.1, -0.05) is 32.0 Å². The number of nitro benzene ring substituents is 1. The lowest BCUT2D eigenvalue weighted by Gasteiger charge is -2.08. The first-order valence-corrected chi connectivity index (χ1v) is 7.13. The normalized spacial score (nSPS) is 12.5. The van der Waals surface area contributed by atoms with Crippen LogP contribution < -0.4 is 0 Å². The Morgan fingerprint density at radius 3 is 2.55 bits per heavy atom. The van der Waals surface area contributed by atoms with Crippen molar-refractivity contribution in [1.82, 2.24) is 0 Å². The molecule has 0 fully saturated rings. The molecule has 0 aliphatic rings. The Hall–Kier alpha value is -2.69. The fraction of sp³-hybridized carbons (Fsp3) is 0.235. The van der Waals surface area contributed by atoms with E-state index >= 15 is 0 Å². The summed E-state index contributed by atoms with van der Waals surface area (Å²) >= 11 is 0. The molecule has 0 radical (unpaired) electrons. The molecule has 0 aliphatic carbocycles. The average Bonchev–Trinajstić information content (AvgIpc) is 2.53. The summed E-state index contributed by atoms with van der Waals surface area (Å²) in [5.41, 5.74) is 1.98. The van der Waals surface area contributed by atoms with Gasteiger partial charge in [-0.25, -0.2) is 0 Å². The summed E-state index contributed by atoms with van der Waals surface area (Å²) in [6, 6.07) is 12.2. The van der Waals surface area contributed by atoms with E-state index in [1.807, 2.05) is 24.3 Å². The molecule has 2 rings (SSSR count). The zero-order valence-electron chi connectivity index (χ0n) is 12.6. The molecule has 1 N–H and O–H groups in total. The molecule has 0 unspecified atom stereocenters. The summed E-state index contributed by atoms with van der Waals surface area (Å²) in [7, 11) is 0. The minimum atomic E-state index is -0.617. The Kier molecular flexibility index (Phi) is 4.88. The molecule has 5 nitrogen and oxygen atoms in total. The Labute approximate surface area is 129 Å². The number of hydrogen-bond donors (Lipinski definition) is 1. The van der Waals surface area contributed by atoms with Crippen LogP contribution in [0.4, 0.5) is 11.4 Å². The first kappa shape index (κ1) is 15.7. The Bertz CT molecular complexity index is 694. The number of benzene rings is 2. The molecule has 0 amide bonds. The second-order valence-electron chi connectivity index (χ2n) is 5.13. The number of aliphatic imine (C=N–C) groups is 1. The minimum absolute atomic E-state index is 0.320. The molecule has 0 spiro atoms. The lowest BCUT2D eigenvalue weighted by Crippen LogP contribution is -1.92. The molecule has 0 heterocycles. The van der Waals surface area contributed by atoms with Gasteiger partial charge in [0.05, 0.1) is 10.6 Å². The van der Waals surface area contributed by atoms with Crippen LogP contribution in [0, 0.1) is 10.1 Å². The summed E-state index contributed by atoms with van der Waals surface area (Å²) in [6.07, 6.45) is 2.50. The van der Waals surface area contributed by atoms with Crippen LogP contribution in [0.25, 0.3) is 0 Å². The van der Waals surface area contributed by atoms with Crippen molar-refractivity contribution in [2.24, 2.45) is 4.99 Å². The number of rotatable bonds is 5. The zero-order valence-corrected chi connectivity index (χ0v) is 12.6. The van der Waals surface area contributed by atoms with Gasteiger partial charge in [0, 0.05) is 17.8 Å². The molecule has 0 bridgehead atoms. The number of aromatic hydroxyl groups is 1. The van der Waals surface area contributed by atoms with Crippen molar-refractivity contribution in [3.8, 4) is 5.75 Å². The number of nitro groups is 1. The van der Waals surface area contributed by atoms with Crippen LogP contribution in [0.15, 0.2) is 47.5 Å². The highest BCUT2D eigenvalue weighted by atomic mass is 16.6. The lowest BCUT2D eigenvalue weighted by atomic mass is 9.99. The largest absolute Gasteiger partial charge is 0.502 e. The van der Waals surface area contributed by atoms with Gasteiger partial charge in [0.2, 0.25) is 5.75 Å².